The highest BCUT2D eigenvalue weighted by atomic mass is 32.1. The van der Waals surface area contributed by atoms with Gasteiger partial charge in [0.2, 0.25) is 4.96 Å². The first-order valence-electron chi connectivity index (χ1n) is 11.7. The Bertz CT molecular complexity index is 1360. The van der Waals surface area contributed by atoms with Gasteiger partial charge in [0.05, 0.1) is 5.69 Å². The van der Waals surface area contributed by atoms with Crippen LogP contribution >= 0.6 is 11.3 Å². The average Bonchev–Trinajstić information content (AvgIpc) is 3.33. The lowest BCUT2D eigenvalue weighted by atomic mass is 9.90. The number of hydrogen-bond acceptors (Lipinski definition) is 7. The second-order valence-corrected chi connectivity index (χ2v) is 9.51. The normalized spacial score (nSPS) is 14.1. The topological polar surface area (TPSA) is 94.8 Å². The number of para-hydroxylation sites is 1. The van der Waals surface area contributed by atoms with E-state index in [0.29, 0.717) is 33.8 Å². The third-order valence-electron chi connectivity index (χ3n) is 5.89. The maximum Gasteiger partial charge on any atom is 0.275 e. The van der Waals surface area contributed by atoms with E-state index in [-0.39, 0.29) is 24.7 Å². The van der Waals surface area contributed by atoms with Gasteiger partial charge in [0, 0.05) is 23.7 Å². The second-order valence-electron chi connectivity index (χ2n) is 8.52. The number of anilines is 1. The highest BCUT2D eigenvalue weighted by Gasteiger charge is 2.20. The molecule has 0 aliphatic heterocycles. The van der Waals surface area contributed by atoms with Crippen molar-refractivity contribution in [2.45, 2.75) is 44.6 Å². The van der Waals surface area contributed by atoms with Crippen molar-refractivity contribution in [3.8, 4) is 11.5 Å². The molecule has 1 saturated carbocycles. The van der Waals surface area contributed by atoms with Crippen LogP contribution in [0.1, 0.15) is 48.7 Å². The third-order valence-corrected chi connectivity index (χ3v) is 6.96. The minimum Gasteiger partial charge on any atom is -0.487 e. The Kier molecular flexibility index (Phi) is 7.04. The number of nitrogens with zero attached hydrogens (tertiary/aromatic N) is 3. The van der Waals surface area contributed by atoms with E-state index in [2.05, 4.69) is 15.4 Å². The molecule has 1 amide bonds. The molecular weight excluding hydrogens is 464 g/mol. The Morgan fingerprint density at radius 1 is 1.00 bits per heavy atom. The van der Waals surface area contributed by atoms with E-state index in [1.807, 2.05) is 18.2 Å². The van der Waals surface area contributed by atoms with Crippen LogP contribution in [-0.2, 0) is 11.4 Å². The summed E-state index contributed by atoms with van der Waals surface area (Å²) in [5.41, 5.74) is 0.929. The first-order valence-corrected chi connectivity index (χ1v) is 12.6. The number of carbonyl (C=O) groups excluding carboxylic acids is 1. The smallest absolute Gasteiger partial charge is 0.275 e. The molecule has 1 N–H and O–H groups in total. The number of aromatic nitrogens is 3. The monoisotopic (exact) mass is 490 g/mol. The number of fused-ring (bicyclic) bond motifs is 1. The van der Waals surface area contributed by atoms with Gasteiger partial charge in [0.1, 0.15) is 23.1 Å². The zero-order chi connectivity index (χ0) is 24.0. The van der Waals surface area contributed by atoms with Crippen LogP contribution in [0.5, 0.6) is 11.5 Å². The molecule has 4 aromatic rings. The highest BCUT2D eigenvalue weighted by Crippen LogP contribution is 2.34. The number of benzene rings is 2. The summed E-state index contributed by atoms with van der Waals surface area (Å²) in [4.78, 5) is 30.0. The van der Waals surface area contributed by atoms with E-state index >= 15 is 0 Å². The van der Waals surface area contributed by atoms with Gasteiger partial charge in [-0.2, -0.15) is 9.61 Å². The highest BCUT2D eigenvalue weighted by molar-refractivity contribution is 7.16. The van der Waals surface area contributed by atoms with Crippen LogP contribution in [-0.4, -0.2) is 27.1 Å². The van der Waals surface area contributed by atoms with Crippen LogP contribution in [0.25, 0.3) is 4.96 Å². The molecule has 2 aromatic heterocycles. The maximum absolute atomic E-state index is 12.6. The van der Waals surface area contributed by atoms with Crippen molar-refractivity contribution in [1.82, 2.24) is 14.6 Å². The van der Waals surface area contributed by atoms with Crippen molar-refractivity contribution in [2.24, 2.45) is 0 Å². The zero-order valence-electron chi connectivity index (χ0n) is 19.2. The van der Waals surface area contributed by atoms with Gasteiger partial charge in [-0.05, 0) is 37.1 Å². The molecule has 9 heteroatoms. The van der Waals surface area contributed by atoms with Crippen LogP contribution in [0.3, 0.4) is 0 Å². The molecule has 8 nitrogen and oxygen atoms in total. The number of amides is 1. The number of rotatable bonds is 8. The maximum atomic E-state index is 12.6. The molecule has 0 unspecified atom stereocenters. The van der Waals surface area contributed by atoms with Gasteiger partial charge in [-0.25, -0.2) is 4.98 Å². The third kappa shape index (κ3) is 5.86. The van der Waals surface area contributed by atoms with Crippen LogP contribution < -0.4 is 20.3 Å². The standard InChI is InChI=1S/C26H26N4O4S/c31-23(17-34-21-11-5-2-6-12-21)27-19-10-7-13-22(14-19)33-16-20-15-24(32)30-26(28-20)35-25(29-30)18-8-3-1-4-9-18/h2,5-7,10-15,18H,1,3-4,8-9,16-17H2,(H,27,31). The fourth-order valence-corrected chi connectivity index (χ4v) is 5.24. The second kappa shape index (κ2) is 10.7. The van der Waals surface area contributed by atoms with Crippen LogP contribution in [0.15, 0.2) is 65.5 Å². The predicted octanol–water partition coefficient (Wildman–Crippen LogP) is 4.80. The fourth-order valence-electron chi connectivity index (χ4n) is 4.14. The van der Waals surface area contributed by atoms with Crippen molar-refractivity contribution >= 4 is 27.9 Å². The van der Waals surface area contributed by atoms with Gasteiger partial charge in [-0.3, -0.25) is 9.59 Å². The van der Waals surface area contributed by atoms with E-state index in [1.165, 1.54) is 41.2 Å². The first kappa shape index (κ1) is 23.0. The molecular formula is C26H26N4O4S. The van der Waals surface area contributed by atoms with Gasteiger partial charge in [-0.15, -0.1) is 0 Å². The van der Waals surface area contributed by atoms with Crippen molar-refractivity contribution in [3.63, 3.8) is 0 Å². The Morgan fingerprint density at radius 3 is 2.63 bits per heavy atom. The summed E-state index contributed by atoms with van der Waals surface area (Å²) in [6, 6.07) is 17.7. The Labute approximate surface area is 206 Å². The number of nitrogens with one attached hydrogen (secondary N) is 1. The fraction of sp³-hybridized carbons (Fsp3) is 0.308. The van der Waals surface area contributed by atoms with Crippen LogP contribution in [0.2, 0.25) is 0 Å². The minimum absolute atomic E-state index is 0.0966. The average molecular weight is 491 g/mol. The molecule has 1 aliphatic carbocycles. The van der Waals surface area contributed by atoms with Gasteiger partial charge >= 0.3 is 0 Å². The van der Waals surface area contributed by atoms with Crippen LogP contribution in [0.4, 0.5) is 5.69 Å². The quantitative estimate of drug-likeness (QED) is 0.381. The lowest BCUT2D eigenvalue weighted by Gasteiger charge is -2.18. The van der Waals surface area contributed by atoms with Crippen molar-refractivity contribution in [2.75, 3.05) is 11.9 Å². The summed E-state index contributed by atoms with van der Waals surface area (Å²) in [5, 5.41) is 8.33. The van der Waals surface area contributed by atoms with Crippen molar-refractivity contribution in [1.29, 1.82) is 0 Å². The first-order chi connectivity index (χ1) is 17.1. The Hall–Kier alpha value is -3.72. The van der Waals surface area contributed by atoms with E-state index in [9.17, 15) is 9.59 Å². The molecule has 5 rings (SSSR count). The molecule has 1 fully saturated rings. The molecule has 0 saturated heterocycles. The lowest BCUT2D eigenvalue weighted by Crippen LogP contribution is -2.20. The molecule has 0 spiro atoms. The Morgan fingerprint density at radius 2 is 1.80 bits per heavy atom. The molecule has 0 bridgehead atoms. The molecule has 180 valence electrons. The molecule has 1 aliphatic rings. The minimum atomic E-state index is -0.273. The van der Waals surface area contributed by atoms with Gasteiger partial charge < -0.3 is 14.8 Å². The number of ether oxygens (including phenoxy) is 2. The summed E-state index contributed by atoms with van der Waals surface area (Å²) < 4.78 is 12.7. The molecule has 2 aromatic carbocycles. The predicted molar refractivity (Wildman–Crippen MR) is 134 cm³/mol. The van der Waals surface area contributed by atoms with E-state index < -0.39 is 0 Å². The van der Waals surface area contributed by atoms with E-state index in [4.69, 9.17) is 9.47 Å². The van der Waals surface area contributed by atoms with Gasteiger partial charge in [-0.1, -0.05) is 54.9 Å². The lowest BCUT2D eigenvalue weighted by molar-refractivity contribution is -0.118. The summed E-state index contributed by atoms with van der Waals surface area (Å²) in [6.45, 7) is 0.0393. The van der Waals surface area contributed by atoms with Gasteiger partial charge in [0.25, 0.3) is 11.5 Å². The van der Waals surface area contributed by atoms with Crippen LogP contribution in [0, 0.1) is 0 Å². The molecule has 35 heavy (non-hydrogen) atoms. The molecule has 0 atom stereocenters. The van der Waals surface area contributed by atoms with E-state index in [0.717, 1.165) is 17.8 Å². The Balaban J connectivity index is 1.20. The molecule has 0 radical (unpaired) electrons. The summed E-state index contributed by atoms with van der Waals surface area (Å²) in [5.74, 6) is 1.34. The van der Waals surface area contributed by atoms with Crippen molar-refractivity contribution < 1.29 is 14.3 Å². The summed E-state index contributed by atoms with van der Waals surface area (Å²) in [7, 11) is 0. The summed E-state index contributed by atoms with van der Waals surface area (Å²) >= 11 is 1.49. The number of hydrogen-bond donors (Lipinski definition) is 1. The summed E-state index contributed by atoms with van der Waals surface area (Å²) in [6.07, 6.45) is 5.93. The van der Waals surface area contributed by atoms with Crippen molar-refractivity contribution in [3.05, 3.63) is 81.7 Å². The molecule has 2 heterocycles. The van der Waals surface area contributed by atoms with Gasteiger partial charge in [0.15, 0.2) is 6.61 Å². The SMILES string of the molecule is O=C(COc1ccccc1)Nc1cccc(OCc2cc(=O)n3nc(C4CCCCC4)sc3n2)c1. The number of carbonyl (C=O) groups is 1. The van der Waals surface area contributed by atoms with E-state index in [1.54, 1.807) is 36.4 Å². The largest absolute Gasteiger partial charge is 0.487 e. The zero-order valence-corrected chi connectivity index (χ0v) is 20.0.